The van der Waals surface area contributed by atoms with Crippen LogP contribution >= 0.6 is 0 Å². The standard InChI is InChI=1S/C18H27FN4O2/c1-3-25-18(24)23-10-7-16(8-11-23)22-17(20)21-9-6-14-4-5-15(19)12-13(14)2/h4-5,12,16H,3,6-11H2,1-2H3,(H3,20,21,22). The number of carbonyl (C=O) groups excluding carboxylic acids is 1. The number of rotatable bonds is 5. The molecule has 1 fully saturated rings. The molecule has 3 N–H and O–H groups in total. The highest BCUT2D eigenvalue weighted by Crippen LogP contribution is 2.12. The van der Waals surface area contributed by atoms with E-state index < -0.39 is 0 Å². The molecule has 0 aromatic heterocycles. The average Bonchev–Trinajstić information content (AvgIpc) is 2.57. The lowest BCUT2D eigenvalue weighted by atomic mass is 10.1. The van der Waals surface area contributed by atoms with Crippen molar-refractivity contribution >= 4 is 12.1 Å². The number of nitrogens with zero attached hydrogens (tertiary/aromatic N) is 2. The number of aliphatic imine (C=N–C) groups is 1. The highest BCUT2D eigenvalue weighted by atomic mass is 19.1. The van der Waals surface area contributed by atoms with Crippen LogP contribution in [0.25, 0.3) is 0 Å². The van der Waals surface area contributed by atoms with Gasteiger partial charge in [0.1, 0.15) is 5.82 Å². The molecule has 1 aliphatic rings. The van der Waals surface area contributed by atoms with Gasteiger partial charge in [-0.2, -0.15) is 0 Å². The SMILES string of the molecule is CCOC(=O)N1CCC(NC(N)=NCCc2ccc(F)cc2C)CC1. The van der Waals surface area contributed by atoms with Gasteiger partial charge in [-0.3, -0.25) is 4.99 Å². The van der Waals surface area contributed by atoms with Crippen molar-refractivity contribution in [3.63, 3.8) is 0 Å². The smallest absolute Gasteiger partial charge is 0.409 e. The third-order valence-corrected chi connectivity index (χ3v) is 4.34. The summed E-state index contributed by atoms with van der Waals surface area (Å²) in [7, 11) is 0. The first-order valence-electron chi connectivity index (χ1n) is 8.72. The number of amides is 1. The minimum atomic E-state index is -0.253. The maximum atomic E-state index is 13.1. The van der Waals surface area contributed by atoms with E-state index in [1.54, 1.807) is 17.9 Å². The number of ether oxygens (including phenoxy) is 1. The van der Waals surface area contributed by atoms with Gasteiger partial charge in [0, 0.05) is 25.7 Å². The van der Waals surface area contributed by atoms with Crippen LogP contribution in [-0.2, 0) is 11.2 Å². The first-order chi connectivity index (χ1) is 12.0. The van der Waals surface area contributed by atoms with Gasteiger partial charge in [-0.15, -0.1) is 0 Å². The second kappa shape index (κ2) is 9.25. The van der Waals surface area contributed by atoms with Crippen LogP contribution in [0.4, 0.5) is 9.18 Å². The minimum Gasteiger partial charge on any atom is -0.450 e. The molecule has 1 aromatic rings. The number of hydrogen-bond donors (Lipinski definition) is 2. The number of hydrogen-bond acceptors (Lipinski definition) is 3. The fourth-order valence-electron chi connectivity index (χ4n) is 2.91. The lowest BCUT2D eigenvalue weighted by Gasteiger charge is -2.31. The highest BCUT2D eigenvalue weighted by molar-refractivity contribution is 5.78. The van der Waals surface area contributed by atoms with E-state index in [1.165, 1.54) is 12.1 Å². The number of nitrogens with two attached hydrogens (primary N) is 1. The first kappa shape index (κ1) is 19.0. The molecule has 0 aliphatic carbocycles. The summed E-state index contributed by atoms with van der Waals surface area (Å²) >= 11 is 0. The Morgan fingerprint density at radius 3 is 2.80 bits per heavy atom. The molecule has 2 rings (SSSR count). The third kappa shape index (κ3) is 5.92. The predicted molar refractivity (Wildman–Crippen MR) is 96.1 cm³/mol. The Kier molecular flexibility index (Phi) is 7.03. The van der Waals surface area contributed by atoms with Crippen LogP contribution in [0.2, 0.25) is 0 Å². The van der Waals surface area contributed by atoms with Gasteiger partial charge >= 0.3 is 6.09 Å². The van der Waals surface area contributed by atoms with Crippen LogP contribution in [-0.4, -0.2) is 49.2 Å². The van der Waals surface area contributed by atoms with Crippen molar-refractivity contribution in [3.8, 4) is 0 Å². The summed E-state index contributed by atoms with van der Waals surface area (Å²) in [5, 5.41) is 3.21. The molecule has 1 amide bonds. The van der Waals surface area contributed by atoms with Crippen molar-refractivity contribution in [2.24, 2.45) is 10.7 Å². The molecule has 1 heterocycles. The van der Waals surface area contributed by atoms with Gasteiger partial charge in [-0.1, -0.05) is 6.07 Å². The van der Waals surface area contributed by atoms with Gasteiger partial charge in [0.15, 0.2) is 5.96 Å². The van der Waals surface area contributed by atoms with Crippen LogP contribution in [0.5, 0.6) is 0 Å². The van der Waals surface area contributed by atoms with Gasteiger partial charge in [0.25, 0.3) is 0 Å². The Morgan fingerprint density at radius 1 is 1.44 bits per heavy atom. The van der Waals surface area contributed by atoms with E-state index in [4.69, 9.17) is 10.5 Å². The summed E-state index contributed by atoms with van der Waals surface area (Å²) in [4.78, 5) is 17.7. The number of likely N-dealkylation sites (tertiary alicyclic amines) is 1. The maximum Gasteiger partial charge on any atom is 0.409 e. The molecule has 0 radical (unpaired) electrons. The Labute approximate surface area is 148 Å². The zero-order chi connectivity index (χ0) is 18.2. The quantitative estimate of drug-likeness (QED) is 0.630. The molecule has 25 heavy (non-hydrogen) atoms. The maximum absolute atomic E-state index is 13.1. The van der Waals surface area contributed by atoms with E-state index in [-0.39, 0.29) is 18.0 Å². The van der Waals surface area contributed by atoms with E-state index in [1.807, 2.05) is 6.92 Å². The van der Waals surface area contributed by atoms with Crippen LogP contribution < -0.4 is 11.1 Å². The Bertz CT molecular complexity index is 613. The van der Waals surface area contributed by atoms with Crippen molar-refractivity contribution in [1.29, 1.82) is 0 Å². The Hall–Kier alpha value is -2.31. The van der Waals surface area contributed by atoms with Crippen molar-refractivity contribution < 1.29 is 13.9 Å². The molecule has 0 spiro atoms. The number of guanidine groups is 1. The molecule has 1 aromatic carbocycles. The van der Waals surface area contributed by atoms with E-state index in [9.17, 15) is 9.18 Å². The van der Waals surface area contributed by atoms with Crippen LogP contribution in [0.15, 0.2) is 23.2 Å². The number of aryl methyl sites for hydroxylation is 1. The van der Waals surface area contributed by atoms with Gasteiger partial charge in [-0.05, 0) is 56.4 Å². The highest BCUT2D eigenvalue weighted by Gasteiger charge is 2.23. The molecule has 0 unspecified atom stereocenters. The average molecular weight is 350 g/mol. The molecule has 0 saturated carbocycles. The monoisotopic (exact) mass is 350 g/mol. The van der Waals surface area contributed by atoms with E-state index in [0.717, 1.165) is 30.4 Å². The van der Waals surface area contributed by atoms with E-state index in [0.29, 0.717) is 32.2 Å². The third-order valence-electron chi connectivity index (χ3n) is 4.34. The molecule has 138 valence electrons. The second-order valence-corrected chi connectivity index (χ2v) is 6.19. The Balaban J connectivity index is 1.74. The van der Waals surface area contributed by atoms with E-state index >= 15 is 0 Å². The first-order valence-corrected chi connectivity index (χ1v) is 8.72. The summed E-state index contributed by atoms with van der Waals surface area (Å²) in [6.07, 6.45) is 2.09. The summed E-state index contributed by atoms with van der Waals surface area (Å²) in [5.74, 6) is 0.189. The van der Waals surface area contributed by atoms with Crippen LogP contribution in [0, 0.1) is 12.7 Å². The predicted octanol–water partition coefficient (Wildman–Crippen LogP) is 2.20. The largest absolute Gasteiger partial charge is 0.450 e. The zero-order valence-electron chi connectivity index (χ0n) is 14.9. The van der Waals surface area contributed by atoms with Crippen molar-refractivity contribution in [2.75, 3.05) is 26.2 Å². The van der Waals surface area contributed by atoms with Gasteiger partial charge in [0.05, 0.1) is 6.61 Å². The molecule has 0 bridgehead atoms. The summed E-state index contributed by atoms with van der Waals surface area (Å²) in [6, 6.07) is 4.99. The summed E-state index contributed by atoms with van der Waals surface area (Å²) < 4.78 is 18.1. The minimum absolute atomic E-state index is 0.210. The zero-order valence-corrected chi connectivity index (χ0v) is 14.9. The van der Waals surface area contributed by atoms with Gasteiger partial charge < -0.3 is 20.7 Å². The van der Waals surface area contributed by atoms with Gasteiger partial charge in [-0.25, -0.2) is 9.18 Å². The molecular formula is C18H27FN4O2. The van der Waals surface area contributed by atoms with Crippen molar-refractivity contribution in [1.82, 2.24) is 10.2 Å². The second-order valence-electron chi connectivity index (χ2n) is 6.19. The van der Waals surface area contributed by atoms with Crippen LogP contribution in [0.3, 0.4) is 0 Å². The lowest BCUT2D eigenvalue weighted by molar-refractivity contribution is 0.0963. The van der Waals surface area contributed by atoms with Crippen molar-refractivity contribution in [2.45, 2.75) is 39.2 Å². The summed E-state index contributed by atoms with van der Waals surface area (Å²) in [5.41, 5.74) is 7.94. The van der Waals surface area contributed by atoms with Crippen molar-refractivity contribution in [3.05, 3.63) is 35.1 Å². The summed E-state index contributed by atoms with van der Waals surface area (Å²) in [6.45, 7) is 5.94. The lowest BCUT2D eigenvalue weighted by Crippen LogP contribution is -2.48. The number of nitrogens with one attached hydrogen (secondary N) is 1. The molecule has 6 nitrogen and oxygen atoms in total. The molecular weight excluding hydrogens is 323 g/mol. The number of carbonyl (C=O) groups is 1. The Morgan fingerprint density at radius 2 is 2.16 bits per heavy atom. The molecule has 7 heteroatoms. The number of benzene rings is 1. The fourth-order valence-corrected chi connectivity index (χ4v) is 2.91. The molecule has 1 aliphatic heterocycles. The topological polar surface area (TPSA) is 80.0 Å². The normalized spacial score (nSPS) is 16.0. The fraction of sp³-hybridized carbons (Fsp3) is 0.556. The number of piperidine rings is 1. The van der Waals surface area contributed by atoms with Gasteiger partial charge in [0.2, 0.25) is 0 Å². The molecule has 0 atom stereocenters. The molecule has 1 saturated heterocycles. The number of halogens is 1. The van der Waals surface area contributed by atoms with E-state index in [2.05, 4.69) is 10.3 Å². The van der Waals surface area contributed by atoms with Crippen LogP contribution in [0.1, 0.15) is 30.9 Å².